The normalized spacial score (nSPS) is 10.7. The van der Waals surface area contributed by atoms with E-state index in [4.69, 9.17) is 27.9 Å². The van der Waals surface area contributed by atoms with Crippen molar-refractivity contribution in [1.29, 1.82) is 0 Å². The number of rotatable bonds is 4. The van der Waals surface area contributed by atoms with Crippen molar-refractivity contribution in [3.8, 4) is 22.8 Å². The summed E-state index contributed by atoms with van der Waals surface area (Å²) in [6.45, 7) is 3.63. The van der Waals surface area contributed by atoms with Gasteiger partial charge in [-0.1, -0.05) is 70.6 Å². The molecule has 142 valence electrons. The number of aromatic nitrogens is 1. The van der Waals surface area contributed by atoms with Gasteiger partial charge in [-0.2, -0.15) is 0 Å². The highest BCUT2D eigenvalue weighted by Gasteiger charge is 2.20. The average molecular weight is 431 g/mol. The maximum Gasteiger partial charge on any atom is 0.279 e. The molecular formula is C21H16Cl2N2O2S. The van der Waals surface area contributed by atoms with E-state index in [9.17, 15) is 4.79 Å². The Kier molecular flexibility index (Phi) is 6.25. The first-order chi connectivity index (χ1) is 13.3. The van der Waals surface area contributed by atoms with E-state index in [-0.39, 0.29) is 5.91 Å². The lowest BCUT2D eigenvalue weighted by atomic mass is 10.1. The maximum absolute atomic E-state index is 12.4. The van der Waals surface area contributed by atoms with E-state index < -0.39 is 5.54 Å². The second kappa shape index (κ2) is 8.66. The fourth-order valence-electron chi connectivity index (χ4n) is 2.23. The van der Waals surface area contributed by atoms with Crippen LogP contribution in [0.4, 0.5) is 0 Å². The van der Waals surface area contributed by atoms with E-state index >= 15 is 0 Å². The summed E-state index contributed by atoms with van der Waals surface area (Å²) in [6, 6.07) is 14.0. The second-order valence-electron chi connectivity index (χ2n) is 6.33. The lowest BCUT2D eigenvalue weighted by molar-refractivity contribution is 0.0930. The molecule has 1 aromatic heterocycles. The zero-order valence-electron chi connectivity index (χ0n) is 15.1. The van der Waals surface area contributed by atoms with Gasteiger partial charge in [0.1, 0.15) is 10.6 Å². The minimum absolute atomic E-state index is 0.281. The number of benzene rings is 2. The molecule has 0 saturated carbocycles. The van der Waals surface area contributed by atoms with Crippen LogP contribution in [0.3, 0.4) is 0 Å². The van der Waals surface area contributed by atoms with E-state index in [1.54, 1.807) is 42.6 Å². The number of ether oxygens (including phenoxy) is 1. The Morgan fingerprint density at radius 3 is 2.50 bits per heavy atom. The number of hydrogen-bond donors (Lipinski definition) is 1. The molecule has 1 N–H and O–H groups in total. The molecular weight excluding hydrogens is 415 g/mol. The van der Waals surface area contributed by atoms with Gasteiger partial charge in [0.2, 0.25) is 0 Å². The monoisotopic (exact) mass is 430 g/mol. The van der Waals surface area contributed by atoms with Crippen LogP contribution < -0.4 is 10.1 Å². The van der Waals surface area contributed by atoms with Crippen LogP contribution in [0.1, 0.15) is 29.1 Å². The minimum atomic E-state index is -0.760. The summed E-state index contributed by atoms with van der Waals surface area (Å²) in [7, 11) is 0. The third-order valence-electron chi connectivity index (χ3n) is 3.56. The number of hydrogen-bond acceptors (Lipinski definition) is 4. The van der Waals surface area contributed by atoms with Crippen LogP contribution in [0.2, 0.25) is 10.0 Å². The molecule has 1 heterocycles. The summed E-state index contributed by atoms with van der Waals surface area (Å²) in [6.07, 6.45) is 1.62. The second-order valence-corrected chi connectivity index (χ2v) is 8.14. The molecule has 0 unspecified atom stereocenters. The Morgan fingerprint density at radius 2 is 1.79 bits per heavy atom. The van der Waals surface area contributed by atoms with Crippen molar-refractivity contribution in [3.05, 3.63) is 75.2 Å². The molecule has 2 aromatic carbocycles. The predicted molar refractivity (Wildman–Crippen MR) is 114 cm³/mol. The van der Waals surface area contributed by atoms with Crippen LogP contribution in [0.15, 0.2) is 54.7 Å². The zero-order chi connectivity index (χ0) is 20.1. The molecule has 0 fully saturated rings. The third kappa shape index (κ3) is 5.26. The Balaban J connectivity index is 1.69. The van der Waals surface area contributed by atoms with Crippen molar-refractivity contribution >= 4 is 40.4 Å². The summed E-state index contributed by atoms with van der Waals surface area (Å²) < 4.78 is 5.68. The SMILES string of the molecule is CC(C)(C#Cc1cnc(Oc2ccccc2Cl)s1)NC(=O)c1ccccc1Cl. The number of carbonyl (C=O) groups is 1. The minimum Gasteiger partial charge on any atom is -0.429 e. The number of amides is 1. The van der Waals surface area contributed by atoms with E-state index in [1.165, 1.54) is 11.3 Å². The first-order valence-electron chi connectivity index (χ1n) is 8.32. The molecule has 4 nitrogen and oxygen atoms in total. The Morgan fingerprint density at radius 1 is 1.11 bits per heavy atom. The molecule has 0 aliphatic heterocycles. The molecule has 0 aliphatic carbocycles. The Hall–Kier alpha value is -2.52. The van der Waals surface area contributed by atoms with Gasteiger partial charge >= 0.3 is 0 Å². The van der Waals surface area contributed by atoms with Gasteiger partial charge in [0.25, 0.3) is 11.1 Å². The number of thiazole rings is 1. The molecule has 7 heteroatoms. The molecule has 0 radical (unpaired) electrons. The van der Waals surface area contributed by atoms with Crippen LogP contribution in [-0.4, -0.2) is 16.4 Å². The van der Waals surface area contributed by atoms with Gasteiger partial charge in [-0.05, 0) is 38.1 Å². The first kappa shape index (κ1) is 20.2. The summed E-state index contributed by atoms with van der Waals surface area (Å²) in [5.41, 5.74) is -0.350. The molecule has 28 heavy (non-hydrogen) atoms. The zero-order valence-corrected chi connectivity index (χ0v) is 17.5. The summed E-state index contributed by atoms with van der Waals surface area (Å²) in [5, 5.41) is 4.22. The molecule has 0 bridgehead atoms. The number of para-hydroxylation sites is 1. The van der Waals surface area contributed by atoms with Crippen LogP contribution in [0, 0.1) is 11.8 Å². The average Bonchev–Trinajstić information content (AvgIpc) is 3.10. The van der Waals surface area contributed by atoms with Gasteiger partial charge < -0.3 is 10.1 Å². The van der Waals surface area contributed by atoms with Crippen molar-refractivity contribution in [2.45, 2.75) is 19.4 Å². The van der Waals surface area contributed by atoms with E-state index in [0.717, 1.165) is 0 Å². The van der Waals surface area contributed by atoms with Crippen LogP contribution in [0.25, 0.3) is 0 Å². The summed E-state index contributed by atoms with van der Waals surface area (Å²) in [5.74, 6) is 6.32. The molecule has 3 aromatic rings. The van der Waals surface area contributed by atoms with Crippen molar-refractivity contribution in [2.75, 3.05) is 0 Å². The largest absolute Gasteiger partial charge is 0.429 e. The maximum atomic E-state index is 12.4. The van der Waals surface area contributed by atoms with E-state index in [2.05, 4.69) is 22.1 Å². The number of halogens is 2. The van der Waals surface area contributed by atoms with Gasteiger partial charge in [-0.25, -0.2) is 4.98 Å². The smallest absolute Gasteiger partial charge is 0.279 e. The quantitative estimate of drug-likeness (QED) is 0.531. The summed E-state index contributed by atoms with van der Waals surface area (Å²) in [4.78, 5) is 17.3. The van der Waals surface area contributed by atoms with Crippen LogP contribution in [-0.2, 0) is 0 Å². The van der Waals surface area contributed by atoms with Crippen molar-refractivity contribution < 1.29 is 9.53 Å². The number of nitrogens with zero attached hydrogens (tertiary/aromatic N) is 1. The van der Waals surface area contributed by atoms with E-state index in [0.29, 0.717) is 31.4 Å². The fraction of sp³-hybridized carbons (Fsp3) is 0.143. The molecule has 0 spiro atoms. The van der Waals surface area contributed by atoms with Crippen molar-refractivity contribution in [3.63, 3.8) is 0 Å². The molecule has 3 rings (SSSR count). The van der Waals surface area contributed by atoms with Crippen molar-refractivity contribution in [2.24, 2.45) is 0 Å². The van der Waals surface area contributed by atoms with Gasteiger partial charge in [-0.3, -0.25) is 4.79 Å². The van der Waals surface area contributed by atoms with Crippen LogP contribution >= 0.6 is 34.5 Å². The van der Waals surface area contributed by atoms with Gasteiger partial charge in [0.05, 0.1) is 27.3 Å². The van der Waals surface area contributed by atoms with E-state index in [1.807, 2.05) is 26.0 Å². The lowest BCUT2D eigenvalue weighted by Gasteiger charge is -2.20. The van der Waals surface area contributed by atoms with Gasteiger partial charge in [0.15, 0.2) is 0 Å². The number of carbonyl (C=O) groups excluding carboxylic acids is 1. The molecule has 0 saturated heterocycles. The molecule has 0 atom stereocenters. The fourth-order valence-corrected chi connectivity index (χ4v) is 3.26. The Bertz CT molecular complexity index is 1070. The predicted octanol–water partition coefficient (Wildman–Crippen LogP) is 5.80. The van der Waals surface area contributed by atoms with Gasteiger partial charge in [0, 0.05) is 0 Å². The Labute approximate surface area is 177 Å². The standard InChI is InChI=1S/C21H16Cl2N2O2S/c1-21(2,25-19(26)15-7-3-4-8-16(15)22)12-11-14-13-24-20(28-14)27-18-10-6-5-9-17(18)23/h3-10,13H,1-2H3,(H,25,26). The topological polar surface area (TPSA) is 51.2 Å². The third-order valence-corrected chi connectivity index (χ3v) is 4.99. The number of nitrogens with one attached hydrogen (secondary N) is 1. The lowest BCUT2D eigenvalue weighted by Crippen LogP contribution is -2.42. The van der Waals surface area contributed by atoms with Crippen LogP contribution in [0.5, 0.6) is 10.9 Å². The van der Waals surface area contributed by atoms with Gasteiger partial charge in [-0.15, -0.1) is 0 Å². The molecule has 0 aliphatic rings. The highest BCUT2D eigenvalue weighted by molar-refractivity contribution is 7.13. The molecule has 1 amide bonds. The van der Waals surface area contributed by atoms with Crippen molar-refractivity contribution in [1.82, 2.24) is 10.3 Å². The highest BCUT2D eigenvalue weighted by atomic mass is 35.5. The summed E-state index contributed by atoms with van der Waals surface area (Å²) >= 11 is 13.5. The highest BCUT2D eigenvalue weighted by Crippen LogP contribution is 2.31. The first-order valence-corrected chi connectivity index (χ1v) is 9.90.